The Bertz CT molecular complexity index is 385. The molecule has 0 unspecified atom stereocenters. The van der Waals surface area contributed by atoms with Crippen molar-refractivity contribution >= 4 is 11.9 Å². The summed E-state index contributed by atoms with van der Waals surface area (Å²) in [5.74, 6) is -1.00. The van der Waals surface area contributed by atoms with Gasteiger partial charge in [0, 0.05) is 6.92 Å². The Labute approximate surface area is 92.8 Å². The quantitative estimate of drug-likeness (QED) is 0.575. The molecule has 3 N–H and O–H groups in total. The topological polar surface area (TPSA) is 89.6 Å². The maximum atomic E-state index is 10.6. The van der Waals surface area contributed by atoms with Crippen LogP contribution in [0, 0.1) is 0 Å². The zero-order chi connectivity index (χ0) is 12.1. The highest BCUT2D eigenvalue weighted by Gasteiger charge is 2.11. The smallest absolute Gasteiger partial charge is 0.320 e. The van der Waals surface area contributed by atoms with Crippen molar-refractivity contribution in [2.75, 3.05) is 0 Å². The van der Waals surface area contributed by atoms with Crippen LogP contribution in [0.1, 0.15) is 12.5 Å². The van der Waals surface area contributed by atoms with E-state index in [9.17, 15) is 9.59 Å². The van der Waals surface area contributed by atoms with Crippen LogP contribution in [-0.2, 0) is 16.0 Å². The van der Waals surface area contributed by atoms with Gasteiger partial charge in [0.1, 0.15) is 11.8 Å². The first-order chi connectivity index (χ1) is 7.49. The molecule has 1 aromatic carbocycles. The summed E-state index contributed by atoms with van der Waals surface area (Å²) in [4.78, 5) is 21.2. The first kappa shape index (κ1) is 12.2. The Morgan fingerprint density at radius 1 is 1.38 bits per heavy atom. The molecule has 0 aliphatic rings. The summed E-state index contributed by atoms with van der Waals surface area (Å²) < 4.78 is 4.84. The Kier molecular flexibility index (Phi) is 4.02. The Hall–Kier alpha value is -1.88. The molecule has 86 valence electrons. The highest BCUT2D eigenvalue weighted by Crippen LogP contribution is 2.13. The van der Waals surface area contributed by atoms with Crippen molar-refractivity contribution in [1.82, 2.24) is 0 Å². The maximum Gasteiger partial charge on any atom is 0.320 e. The van der Waals surface area contributed by atoms with Gasteiger partial charge in [-0.05, 0) is 24.1 Å². The number of carboxylic acids is 1. The second kappa shape index (κ2) is 5.27. The van der Waals surface area contributed by atoms with E-state index in [2.05, 4.69) is 0 Å². The molecule has 0 aliphatic carbocycles. The zero-order valence-corrected chi connectivity index (χ0v) is 8.84. The molecule has 5 nitrogen and oxygen atoms in total. The third-order valence-electron chi connectivity index (χ3n) is 1.96. The summed E-state index contributed by atoms with van der Waals surface area (Å²) >= 11 is 0. The first-order valence-electron chi connectivity index (χ1n) is 4.75. The molecule has 0 spiro atoms. The lowest BCUT2D eigenvalue weighted by Gasteiger charge is -2.07. The molecule has 0 saturated heterocycles. The van der Waals surface area contributed by atoms with Gasteiger partial charge in [-0.3, -0.25) is 9.59 Å². The van der Waals surface area contributed by atoms with Gasteiger partial charge in [0.2, 0.25) is 0 Å². The SMILES string of the molecule is CC(=O)Oc1ccc(C[C@@H](N)C(=O)O)cc1. The molecule has 0 amide bonds. The van der Waals surface area contributed by atoms with Crippen LogP contribution in [0.5, 0.6) is 5.75 Å². The van der Waals surface area contributed by atoms with Gasteiger partial charge in [-0.1, -0.05) is 12.1 Å². The molecule has 16 heavy (non-hydrogen) atoms. The van der Waals surface area contributed by atoms with Crippen LogP contribution < -0.4 is 10.5 Å². The third-order valence-corrected chi connectivity index (χ3v) is 1.96. The standard InChI is InChI=1S/C11H13NO4/c1-7(13)16-9-4-2-8(3-5-9)6-10(12)11(14)15/h2-5,10H,6,12H2,1H3,(H,14,15)/t10-/m1/s1. The fraction of sp³-hybridized carbons (Fsp3) is 0.273. The van der Waals surface area contributed by atoms with Crippen molar-refractivity contribution in [2.24, 2.45) is 5.73 Å². The van der Waals surface area contributed by atoms with E-state index in [1.165, 1.54) is 6.92 Å². The Morgan fingerprint density at radius 3 is 2.38 bits per heavy atom. The van der Waals surface area contributed by atoms with Gasteiger partial charge in [0.25, 0.3) is 0 Å². The van der Waals surface area contributed by atoms with Crippen molar-refractivity contribution in [3.8, 4) is 5.75 Å². The van der Waals surface area contributed by atoms with Crippen LogP contribution in [-0.4, -0.2) is 23.1 Å². The van der Waals surface area contributed by atoms with E-state index in [1.54, 1.807) is 24.3 Å². The zero-order valence-electron chi connectivity index (χ0n) is 8.84. The van der Waals surface area contributed by atoms with Gasteiger partial charge in [0.05, 0.1) is 0 Å². The lowest BCUT2D eigenvalue weighted by atomic mass is 10.1. The minimum Gasteiger partial charge on any atom is -0.480 e. The number of esters is 1. The van der Waals surface area contributed by atoms with E-state index >= 15 is 0 Å². The minimum absolute atomic E-state index is 0.246. The van der Waals surface area contributed by atoms with Gasteiger partial charge in [-0.15, -0.1) is 0 Å². The second-order valence-electron chi connectivity index (χ2n) is 3.39. The fourth-order valence-electron chi connectivity index (χ4n) is 1.20. The van der Waals surface area contributed by atoms with E-state index in [0.29, 0.717) is 5.75 Å². The largest absolute Gasteiger partial charge is 0.480 e. The lowest BCUT2D eigenvalue weighted by molar-refractivity contribution is -0.138. The monoisotopic (exact) mass is 223 g/mol. The summed E-state index contributed by atoms with van der Waals surface area (Å²) in [7, 11) is 0. The molecule has 0 saturated carbocycles. The average Bonchev–Trinajstić information content (AvgIpc) is 2.20. The predicted octanol–water partition coefficient (Wildman–Crippen LogP) is 0.566. The molecule has 5 heteroatoms. The van der Waals surface area contributed by atoms with Crippen molar-refractivity contribution in [1.29, 1.82) is 0 Å². The van der Waals surface area contributed by atoms with Crippen molar-refractivity contribution in [3.63, 3.8) is 0 Å². The van der Waals surface area contributed by atoms with Crippen LogP contribution >= 0.6 is 0 Å². The number of hydrogen-bond donors (Lipinski definition) is 2. The number of nitrogens with two attached hydrogens (primary N) is 1. The number of rotatable bonds is 4. The normalized spacial score (nSPS) is 11.9. The summed E-state index contributed by atoms with van der Waals surface area (Å²) in [5.41, 5.74) is 6.17. The second-order valence-corrected chi connectivity index (χ2v) is 3.39. The molecule has 0 heterocycles. The Morgan fingerprint density at radius 2 is 1.94 bits per heavy atom. The predicted molar refractivity (Wildman–Crippen MR) is 57.1 cm³/mol. The molecular weight excluding hydrogens is 210 g/mol. The van der Waals surface area contributed by atoms with Crippen molar-refractivity contribution in [3.05, 3.63) is 29.8 Å². The number of ether oxygens (including phenoxy) is 1. The minimum atomic E-state index is -1.04. The summed E-state index contributed by atoms with van der Waals surface area (Å²) in [6.45, 7) is 1.31. The molecule has 0 bridgehead atoms. The van der Waals surface area contributed by atoms with E-state index in [4.69, 9.17) is 15.6 Å². The number of carbonyl (C=O) groups is 2. The molecular formula is C11H13NO4. The van der Waals surface area contributed by atoms with Crippen LogP contribution in [0.15, 0.2) is 24.3 Å². The van der Waals surface area contributed by atoms with Gasteiger partial charge >= 0.3 is 11.9 Å². The van der Waals surface area contributed by atoms with Gasteiger partial charge < -0.3 is 15.6 Å². The molecule has 0 fully saturated rings. The number of carbonyl (C=O) groups excluding carboxylic acids is 1. The van der Waals surface area contributed by atoms with Crippen molar-refractivity contribution < 1.29 is 19.4 Å². The van der Waals surface area contributed by atoms with E-state index in [-0.39, 0.29) is 6.42 Å². The maximum absolute atomic E-state index is 10.6. The van der Waals surface area contributed by atoms with Crippen molar-refractivity contribution in [2.45, 2.75) is 19.4 Å². The summed E-state index contributed by atoms with van der Waals surface area (Å²) in [6, 6.07) is 5.65. The fourth-order valence-corrected chi connectivity index (χ4v) is 1.20. The molecule has 0 radical (unpaired) electrons. The molecule has 1 atom stereocenters. The van der Waals surface area contributed by atoms with Crippen LogP contribution in [0.2, 0.25) is 0 Å². The van der Waals surface area contributed by atoms with Crippen LogP contribution in [0.4, 0.5) is 0 Å². The number of hydrogen-bond acceptors (Lipinski definition) is 4. The Balaban J connectivity index is 2.64. The summed E-state index contributed by atoms with van der Waals surface area (Å²) in [6.07, 6.45) is 0.246. The first-order valence-corrected chi connectivity index (χ1v) is 4.75. The van der Waals surface area contributed by atoms with Gasteiger partial charge in [-0.2, -0.15) is 0 Å². The highest BCUT2D eigenvalue weighted by atomic mass is 16.5. The number of aliphatic carboxylic acids is 1. The average molecular weight is 223 g/mol. The highest BCUT2D eigenvalue weighted by molar-refractivity contribution is 5.73. The van der Waals surface area contributed by atoms with E-state index < -0.39 is 18.0 Å². The molecule has 1 rings (SSSR count). The molecule has 1 aromatic rings. The molecule has 0 aromatic heterocycles. The van der Waals surface area contributed by atoms with Gasteiger partial charge in [-0.25, -0.2) is 0 Å². The lowest BCUT2D eigenvalue weighted by Crippen LogP contribution is -2.32. The summed E-state index contributed by atoms with van der Waals surface area (Å²) in [5, 5.41) is 8.62. The number of benzene rings is 1. The molecule has 0 aliphatic heterocycles. The van der Waals surface area contributed by atoms with Crippen LogP contribution in [0.3, 0.4) is 0 Å². The number of carboxylic acid groups (broad SMARTS) is 1. The van der Waals surface area contributed by atoms with E-state index in [0.717, 1.165) is 5.56 Å². The van der Waals surface area contributed by atoms with Crippen LogP contribution in [0.25, 0.3) is 0 Å². The third kappa shape index (κ3) is 3.70. The van der Waals surface area contributed by atoms with E-state index in [1.807, 2.05) is 0 Å². The van der Waals surface area contributed by atoms with Gasteiger partial charge in [0.15, 0.2) is 0 Å².